The highest BCUT2D eigenvalue weighted by atomic mass is 32.1. The summed E-state index contributed by atoms with van der Waals surface area (Å²) < 4.78 is 3.69. The maximum Gasteiger partial charge on any atom is 0.275 e. The lowest BCUT2D eigenvalue weighted by molar-refractivity contribution is 0.0735. The molecule has 0 radical (unpaired) electrons. The van der Waals surface area contributed by atoms with Gasteiger partial charge in [0.25, 0.3) is 5.91 Å². The number of thiocarbonyl (C=S) groups is 1. The number of carbonyl (C=O) groups excluding carboxylic acids is 1. The minimum absolute atomic E-state index is 0.108. The van der Waals surface area contributed by atoms with E-state index in [-0.39, 0.29) is 5.91 Å². The monoisotopic (exact) mass is 272 g/mol. The lowest BCUT2D eigenvalue weighted by atomic mass is 10.2. The Bertz CT molecular complexity index is 378. The number of rotatable bonds is 6. The van der Waals surface area contributed by atoms with E-state index in [1.807, 2.05) is 0 Å². The highest BCUT2D eigenvalue weighted by Gasteiger charge is 2.19. The normalized spacial score (nSPS) is 10.5. The highest BCUT2D eigenvalue weighted by Crippen LogP contribution is 2.07. The largest absolute Gasteiger partial charge is 0.393 e. The zero-order chi connectivity index (χ0) is 12.8. The number of carbonyl (C=O) groups is 1. The Morgan fingerprint density at radius 3 is 2.82 bits per heavy atom. The molecule has 0 aliphatic heterocycles. The maximum atomic E-state index is 12.1. The smallest absolute Gasteiger partial charge is 0.275 e. The molecule has 94 valence electrons. The molecule has 2 N–H and O–H groups in total. The predicted molar refractivity (Wildman–Crippen MR) is 72.1 cm³/mol. The van der Waals surface area contributed by atoms with Crippen LogP contribution in [0.5, 0.6) is 0 Å². The van der Waals surface area contributed by atoms with Crippen molar-refractivity contribution >= 4 is 34.6 Å². The van der Waals surface area contributed by atoms with Gasteiger partial charge in [0, 0.05) is 24.9 Å². The second-order valence-corrected chi connectivity index (χ2v) is 5.29. The van der Waals surface area contributed by atoms with E-state index >= 15 is 0 Å². The van der Waals surface area contributed by atoms with Crippen LogP contribution in [0.15, 0.2) is 5.38 Å². The predicted octanol–water partition coefficient (Wildman–Crippen LogP) is 1.31. The van der Waals surface area contributed by atoms with Gasteiger partial charge >= 0.3 is 0 Å². The van der Waals surface area contributed by atoms with Crippen LogP contribution in [-0.4, -0.2) is 38.5 Å². The van der Waals surface area contributed by atoms with Crippen LogP contribution in [0.3, 0.4) is 0 Å². The summed E-state index contributed by atoms with van der Waals surface area (Å²) >= 11 is 6.00. The number of aromatic nitrogens is 2. The van der Waals surface area contributed by atoms with E-state index in [2.05, 4.69) is 23.4 Å². The van der Waals surface area contributed by atoms with Gasteiger partial charge in [-0.15, -0.1) is 5.10 Å². The van der Waals surface area contributed by atoms with Crippen molar-refractivity contribution in [3.8, 4) is 0 Å². The van der Waals surface area contributed by atoms with Crippen molar-refractivity contribution in [1.82, 2.24) is 14.5 Å². The maximum absolute atomic E-state index is 12.1. The van der Waals surface area contributed by atoms with Crippen molar-refractivity contribution in [1.29, 1.82) is 0 Å². The number of hydrogen-bond donors (Lipinski definition) is 1. The number of nitrogens with two attached hydrogens (primary N) is 1. The third kappa shape index (κ3) is 4.74. The molecule has 5 nitrogen and oxygen atoms in total. The number of amides is 1. The van der Waals surface area contributed by atoms with Crippen LogP contribution in [0.4, 0.5) is 0 Å². The fourth-order valence-corrected chi connectivity index (χ4v) is 1.90. The molecule has 17 heavy (non-hydrogen) atoms. The van der Waals surface area contributed by atoms with Gasteiger partial charge in [0.2, 0.25) is 0 Å². The van der Waals surface area contributed by atoms with Gasteiger partial charge in [-0.05, 0) is 17.5 Å². The minimum Gasteiger partial charge on any atom is -0.393 e. The molecule has 0 aromatic carbocycles. The van der Waals surface area contributed by atoms with E-state index in [9.17, 15) is 4.79 Å². The van der Waals surface area contributed by atoms with Crippen LogP contribution in [0.2, 0.25) is 0 Å². The summed E-state index contributed by atoms with van der Waals surface area (Å²) in [7, 11) is 0. The van der Waals surface area contributed by atoms with Gasteiger partial charge in [0.1, 0.15) is 0 Å². The second kappa shape index (κ2) is 6.61. The topological polar surface area (TPSA) is 72.1 Å². The van der Waals surface area contributed by atoms with E-state index in [1.165, 1.54) is 11.5 Å². The fraction of sp³-hybridized carbons (Fsp3) is 0.600. The molecule has 1 aromatic rings. The van der Waals surface area contributed by atoms with Crippen LogP contribution in [0.25, 0.3) is 0 Å². The second-order valence-electron chi connectivity index (χ2n) is 4.15. The summed E-state index contributed by atoms with van der Waals surface area (Å²) in [5.74, 6) is 0.278. The number of nitrogens with zero attached hydrogens (tertiary/aromatic N) is 3. The molecule has 1 heterocycles. The van der Waals surface area contributed by atoms with Crippen LogP contribution in [0, 0.1) is 5.92 Å². The lowest BCUT2D eigenvalue weighted by Crippen LogP contribution is -2.36. The molecule has 0 fully saturated rings. The Balaban J connectivity index is 2.68. The van der Waals surface area contributed by atoms with Gasteiger partial charge in [0.05, 0.1) is 4.99 Å². The van der Waals surface area contributed by atoms with E-state index in [4.69, 9.17) is 18.0 Å². The molecule has 0 unspecified atom stereocenters. The van der Waals surface area contributed by atoms with E-state index < -0.39 is 0 Å². The third-order valence-corrected chi connectivity index (χ3v) is 2.79. The minimum atomic E-state index is -0.108. The lowest BCUT2D eigenvalue weighted by Gasteiger charge is -2.23. The van der Waals surface area contributed by atoms with Gasteiger partial charge in [-0.25, -0.2) is 0 Å². The summed E-state index contributed by atoms with van der Waals surface area (Å²) in [6.45, 7) is 5.31. The first-order chi connectivity index (χ1) is 8.00. The van der Waals surface area contributed by atoms with E-state index in [0.717, 1.165) is 0 Å². The molecule has 0 saturated heterocycles. The molecule has 0 aliphatic carbocycles. The summed E-state index contributed by atoms with van der Waals surface area (Å²) in [6.07, 6.45) is 0.533. The molecule has 1 rings (SSSR count). The Morgan fingerprint density at radius 2 is 2.35 bits per heavy atom. The molecule has 0 aliphatic rings. The van der Waals surface area contributed by atoms with Crippen molar-refractivity contribution in [2.24, 2.45) is 11.7 Å². The molecule has 0 atom stereocenters. The van der Waals surface area contributed by atoms with Gasteiger partial charge in [-0.2, -0.15) is 0 Å². The van der Waals surface area contributed by atoms with Crippen molar-refractivity contribution in [2.75, 3.05) is 13.1 Å². The van der Waals surface area contributed by atoms with Gasteiger partial charge in [-0.3, -0.25) is 4.79 Å². The Hall–Kier alpha value is -1.08. The molecule has 1 aromatic heterocycles. The average Bonchev–Trinajstić information content (AvgIpc) is 2.75. The first-order valence-corrected chi connectivity index (χ1v) is 6.59. The first kappa shape index (κ1) is 14.0. The summed E-state index contributed by atoms with van der Waals surface area (Å²) in [5, 5.41) is 5.43. The van der Waals surface area contributed by atoms with Crippen LogP contribution < -0.4 is 5.73 Å². The van der Waals surface area contributed by atoms with Crippen molar-refractivity contribution < 1.29 is 4.79 Å². The Kier molecular flexibility index (Phi) is 5.43. The van der Waals surface area contributed by atoms with Gasteiger partial charge in [0.15, 0.2) is 5.69 Å². The van der Waals surface area contributed by atoms with Crippen molar-refractivity contribution in [3.05, 3.63) is 11.1 Å². The van der Waals surface area contributed by atoms with E-state index in [0.29, 0.717) is 36.1 Å². The molecule has 1 amide bonds. The number of hydrogen-bond acceptors (Lipinski definition) is 5. The van der Waals surface area contributed by atoms with Gasteiger partial charge < -0.3 is 10.6 Å². The molecule has 0 bridgehead atoms. The molecule has 7 heteroatoms. The van der Waals surface area contributed by atoms with Gasteiger partial charge in [-0.1, -0.05) is 30.6 Å². The summed E-state index contributed by atoms with van der Waals surface area (Å²) in [6, 6.07) is 0. The first-order valence-electron chi connectivity index (χ1n) is 5.35. The third-order valence-electron chi connectivity index (χ3n) is 2.08. The Labute approximate surface area is 110 Å². The summed E-state index contributed by atoms with van der Waals surface area (Å²) in [4.78, 5) is 14.2. The fourth-order valence-electron chi connectivity index (χ4n) is 1.38. The van der Waals surface area contributed by atoms with Crippen LogP contribution >= 0.6 is 23.8 Å². The zero-order valence-electron chi connectivity index (χ0n) is 9.92. The average molecular weight is 272 g/mol. The quantitative estimate of drug-likeness (QED) is 0.791. The molecular formula is C10H16N4OS2. The van der Waals surface area contributed by atoms with Crippen LogP contribution in [-0.2, 0) is 0 Å². The summed E-state index contributed by atoms with van der Waals surface area (Å²) in [5.41, 5.74) is 5.85. The van der Waals surface area contributed by atoms with Crippen LogP contribution in [0.1, 0.15) is 30.8 Å². The molecule has 0 saturated carbocycles. The Morgan fingerprint density at radius 1 is 1.65 bits per heavy atom. The molecular weight excluding hydrogens is 256 g/mol. The SMILES string of the molecule is CC(C)CN(CCC(N)=S)C(=O)c1csnn1. The molecule has 0 spiro atoms. The van der Waals surface area contributed by atoms with E-state index in [1.54, 1.807) is 10.3 Å². The van der Waals surface area contributed by atoms with Crippen molar-refractivity contribution in [3.63, 3.8) is 0 Å². The highest BCUT2D eigenvalue weighted by molar-refractivity contribution is 7.80. The standard InChI is InChI=1S/C10H16N4OS2/c1-7(2)5-14(4-3-9(11)16)10(15)8-6-17-13-12-8/h6-7H,3-5H2,1-2H3,(H2,11,16). The zero-order valence-corrected chi connectivity index (χ0v) is 11.6. The van der Waals surface area contributed by atoms with Crippen molar-refractivity contribution in [2.45, 2.75) is 20.3 Å².